The summed E-state index contributed by atoms with van der Waals surface area (Å²) in [5, 5.41) is 5.78. The minimum Gasteiger partial charge on any atom is -0.338 e. The molecule has 0 aliphatic heterocycles. The molecule has 2 amide bonds. The molecule has 0 spiro atoms. The van der Waals surface area contributed by atoms with Crippen molar-refractivity contribution in [2.24, 2.45) is 0 Å². The number of carbonyl (C=O) groups excluding carboxylic acids is 1. The highest BCUT2D eigenvalue weighted by molar-refractivity contribution is 5.74. The largest absolute Gasteiger partial charge is 0.338 e. The monoisotopic (exact) mass is 186 g/mol. The van der Waals surface area contributed by atoms with Gasteiger partial charge in [0.05, 0.1) is 0 Å². The van der Waals surface area contributed by atoms with E-state index in [1.54, 1.807) is 0 Å². The predicted molar refractivity (Wildman–Crippen MR) is 55.8 cm³/mol. The third kappa shape index (κ3) is 3.66. The molecule has 0 aliphatic carbocycles. The minimum atomic E-state index is -0.0481. The van der Waals surface area contributed by atoms with Gasteiger partial charge >= 0.3 is 6.03 Å². The van der Waals surface area contributed by atoms with Crippen LogP contribution in [0.3, 0.4) is 0 Å². The van der Waals surface area contributed by atoms with Gasteiger partial charge in [0, 0.05) is 12.1 Å². The SMILES string of the molecule is CCNC(=O)NC(CC)(CC)CC. The van der Waals surface area contributed by atoms with Crippen molar-refractivity contribution in [3.63, 3.8) is 0 Å². The minimum absolute atomic E-state index is 0.0146. The second-order valence-electron chi connectivity index (χ2n) is 3.33. The molecule has 0 aromatic carbocycles. The van der Waals surface area contributed by atoms with Crippen molar-refractivity contribution in [2.45, 2.75) is 52.5 Å². The number of nitrogens with one attached hydrogen (secondary N) is 2. The standard InChI is InChI=1S/C10H22N2O/c1-5-10(6-2,7-3)12-9(13)11-8-4/h5-8H2,1-4H3,(H2,11,12,13). The van der Waals surface area contributed by atoms with Gasteiger partial charge in [-0.25, -0.2) is 4.79 Å². The van der Waals surface area contributed by atoms with Gasteiger partial charge in [0.25, 0.3) is 0 Å². The van der Waals surface area contributed by atoms with Crippen molar-refractivity contribution < 1.29 is 4.79 Å². The molecule has 0 aliphatic rings. The smallest absolute Gasteiger partial charge is 0.315 e. The summed E-state index contributed by atoms with van der Waals surface area (Å²) in [7, 11) is 0. The molecule has 0 bridgehead atoms. The topological polar surface area (TPSA) is 41.1 Å². The molecule has 3 nitrogen and oxygen atoms in total. The van der Waals surface area contributed by atoms with E-state index in [0.717, 1.165) is 19.3 Å². The number of hydrogen-bond acceptors (Lipinski definition) is 1. The molecule has 3 heteroatoms. The summed E-state index contributed by atoms with van der Waals surface area (Å²) in [6.07, 6.45) is 2.95. The predicted octanol–water partition coefficient (Wildman–Crippen LogP) is 2.27. The lowest BCUT2D eigenvalue weighted by Gasteiger charge is -2.31. The highest BCUT2D eigenvalue weighted by Crippen LogP contribution is 2.18. The Morgan fingerprint density at radius 3 is 1.85 bits per heavy atom. The van der Waals surface area contributed by atoms with Gasteiger partial charge < -0.3 is 10.6 Å². The Morgan fingerprint density at radius 1 is 1.08 bits per heavy atom. The van der Waals surface area contributed by atoms with Gasteiger partial charge in [-0.3, -0.25) is 0 Å². The molecule has 0 heterocycles. The van der Waals surface area contributed by atoms with Crippen molar-refractivity contribution in [3.8, 4) is 0 Å². The molecule has 0 unspecified atom stereocenters. The van der Waals surface area contributed by atoms with Crippen LogP contribution in [0.25, 0.3) is 0 Å². The van der Waals surface area contributed by atoms with Gasteiger partial charge in [-0.2, -0.15) is 0 Å². The van der Waals surface area contributed by atoms with E-state index in [-0.39, 0.29) is 11.6 Å². The van der Waals surface area contributed by atoms with Crippen LogP contribution in [0.15, 0.2) is 0 Å². The fourth-order valence-electron chi connectivity index (χ4n) is 1.46. The summed E-state index contributed by atoms with van der Waals surface area (Å²) in [5.41, 5.74) is -0.0146. The van der Waals surface area contributed by atoms with Crippen LogP contribution in [0.1, 0.15) is 47.0 Å². The summed E-state index contributed by atoms with van der Waals surface area (Å²) in [6.45, 7) is 8.93. The van der Waals surface area contributed by atoms with E-state index in [1.165, 1.54) is 0 Å². The van der Waals surface area contributed by atoms with Crippen molar-refractivity contribution in [1.82, 2.24) is 10.6 Å². The Labute approximate surface area is 81.3 Å². The zero-order chi connectivity index (χ0) is 10.3. The maximum Gasteiger partial charge on any atom is 0.315 e. The van der Waals surface area contributed by atoms with E-state index < -0.39 is 0 Å². The van der Waals surface area contributed by atoms with Crippen molar-refractivity contribution in [2.75, 3.05) is 6.54 Å². The van der Waals surface area contributed by atoms with Crippen LogP contribution in [0.2, 0.25) is 0 Å². The van der Waals surface area contributed by atoms with Gasteiger partial charge in [-0.1, -0.05) is 20.8 Å². The van der Waals surface area contributed by atoms with Gasteiger partial charge in [-0.05, 0) is 26.2 Å². The summed E-state index contributed by atoms with van der Waals surface area (Å²) in [5.74, 6) is 0. The van der Waals surface area contributed by atoms with Crippen molar-refractivity contribution >= 4 is 6.03 Å². The quantitative estimate of drug-likeness (QED) is 0.679. The second-order valence-corrected chi connectivity index (χ2v) is 3.33. The zero-order valence-electron chi connectivity index (χ0n) is 9.24. The maximum absolute atomic E-state index is 11.3. The van der Waals surface area contributed by atoms with Crippen LogP contribution >= 0.6 is 0 Å². The molecule has 13 heavy (non-hydrogen) atoms. The molecule has 0 atom stereocenters. The van der Waals surface area contributed by atoms with Gasteiger partial charge in [-0.15, -0.1) is 0 Å². The average Bonchev–Trinajstić information content (AvgIpc) is 2.15. The van der Waals surface area contributed by atoms with Crippen LogP contribution in [0.4, 0.5) is 4.79 Å². The fourth-order valence-corrected chi connectivity index (χ4v) is 1.46. The normalized spacial score (nSPS) is 11.1. The zero-order valence-corrected chi connectivity index (χ0v) is 9.24. The Morgan fingerprint density at radius 2 is 1.54 bits per heavy atom. The third-order valence-corrected chi connectivity index (χ3v) is 2.75. The van der Waals surface area contributed by atoms with Gasteiger partial charge in [0.15, 0.2) is 0 Å². The first-order valence-corrected chi connectivity index (χ1v) is 5.20. The van der Waals surface area contributed by atoms with E-state index in [1.807, 2.05) is 6.92 Å². The number of carbonyl (C=O) groups is 1. The van der Waals surface area contributed by atoms with E-state index in [4.69, 9.17) is 0 Å². The van der Waals surface area contributed by atoms with E-state index in [0.29, 0.717) is 6.54 Å². The lowest BCUT2D eigenvalue weighted by Crippen LogP contribution is -2.51. The lowest BCUT2D eigenvalue weighted by atomic mass is 9.90. The second kappa shape index (κ2) is 5.84. The van der Waals surface area contributed by atoms with Crippen molar-refractivity contribution in [1.29, 1.82) is 0 Å². The molecule has 0 aromatic rings. The maximum atomic E-state index is 11.3. The van der Waals surface area contributed by atoms with Crippen LogP contribution in [-0.4, -0.2) is 18.1 Å². The number of urea groups is 1. The number of hydrogen-bond donors (Lipinski definition) is 2. The molecule has 2 N–H and O–H groups in total. The first-order chi connectivity index (χ1) is 6.14. The first kappa shape index (κ1) is 12.3. The molecule has 78 valence electrons. The van der Waals surface area contributed by atoms with Crippen LogP contribution < -0.4 is 10.6 Å². The molecular formula is C10H22N2O. The Hall–Kier alpha value is -0.730. The molecule has 0 fully saturated rings. The number of amides is 2. The number of rotatable bonds is 5. The first-order valence-electron chi connectivity index (χ1n) is 5.20. The van der Waals surface area contributed by atoms with Crippen LogP contribution in [0, 0.1) is 0 Å². The Bertz CT molecular complexity index is 145. The summed E-state index contributed by atoms with van der Waals surface area (Å²) in [4.78, 5) is 11.3. The van der Waals surface area contributed by atoms with Gasteiger partial charge in [0.1, 0.15) is 0 Å². The Balaban J connectivity index is 4.16. The van der Waals surface area contributed by atoms with Gasteiger partial charge in [0.2, 0.25) is 0 Å². The highest BCUT2D eigenvalue weighted by atomic mass is 16.2. The summed E-state index contributed by atoms with van der Waals surface area (Å²) in [6, 6.07) is -0.0481. The molecular weight excluding hydrogens is 164 g/mol. The van der Waals surface area contributed by atoms with Crippen LogP contribution in [0.5, 0.6) is 0 Å². The van der Waals surface area contributed by atoms with E-state index >= 15 is 0 Å². The molecule has 0 rings (SSSR count). The Kier molecular flexibility index (Phi) is 5.51. The molecule has 0 saturated carbocycles. The van der Waals surface area contributed by atoms with Crippen LogP contribution in [-0.2, 0) is 0 Å². The summed E-state index contributed by atoms with van der Waals surface area (Å²) >= 11 is 0. The fraction of sp³-hybridized carbons (Fsp3) is 0.900. The lowest BCUT2D eigenvalue weighted by molar-refractivity contribution is 0.218. The molecule has 0 saturated heterocycles. The molecule has 0 aromatic heterocycles. The average molecular weight is 186 g/mol. The highest BCUT2D eigenvalue weighted by Gasteiger charge is 2.25. The molecule has 0 radical (unpaired) electrons. The third-order valence-electron chi connectivity index (χ3n) is 2.75. The van der Waals surface area contributed by atoms with Crippen molar-refractivity contribution in [3.05, 3.63) is 0 Å². The van der Waals surface area contributed by atoms with E-state index in [2.05, 4.69) is 31.4 Å². The summed E-state index contributed by atoms with van der Waals surface area (Å²) < 4.78 is 0. The van der Waals surface area contributed by atoms with E-state index in [9.17, 15) is 4.79 Å².